The third-order valence-corrected chi connectivity index (χ3v) is 3.15. The Morgan fingerprint density at radius 3 is 2.53 bits per heavy atom. The monoisotopic (exact) mass is 272 g/mol. The smallest absolute Gasteiger partial charge is 0.410 e. The predicted octanol–water partition coefficient (Wildman–Crippen LogP) is 1.96. The van der Waals surface area contributed by atoms with Gasteiger partial charge in [0.2, 0.25) is 0 Å². The molecule has 5 nitrogen and oxygen atoms in total. The van der Waals surface area contributed by atoms with Gasteiger partial charge in [-0.1, -0.05) is 13.8 Å². The molecule has 0 radical (unpaired) electrons. The van der Waals surface area contributed by atoms with E-state index in [-0.39, 0.29) is 12.2 Å². The first kappa shape index (κ1) is 16.2. The predicted molar refractivity (Wildman–Crippen MR) is 75.3 cm³/mol. The Morgan fingerprint density at radius 2 is 2.00 bits per heavy atom. The van der Waals surface area contributed by atoms with Crippen LogP contribution >= 0.6 is 0 Å². The molecule has 1 amide bonds. The average Bonchev–Trinajstić information content (AvgIpc) is 2.34. The maximum absolute atomic E-state index is 12.0. The molecule has 0 aromatic heterocycles. The number of carbonyl (C=O) groups excluding carboxylic acids is 1. The normalized spacial score (nSPS) is 20.7. The summed E-state index contributed by atoms with van der Waals surface area (Å²) in [6.45, 7) is 14.6. The Labute approximate surface area is 116 Å². The molecule has 0 saturated carbocycles. The van der Waals surface area contributed by atoms with E-state index in [1.54, 1.807) is 4.90 Å². The van der Waals surface area contributed by atoms with Crippen LogP contribution in [0.5, 0.6) is 0 Å². The number of hydrogen-bond donors (Lipinski definition) is 0. The van der Waals surface area contributed by atoms with Gasteiger partial charge < -0.3 is 19.3 Å². The van der Waals surface area contributed by atoms with E-state index in [0.29, 0.717) is 19.7 Å². The van der Waals surface area contributed by atoms with Gasteiger partial charge in [-0.05, 0) is 33.9 Å². The van der Waals surface area contributed by atoms with Gasteiger partial charge >= 0.3 is 6.09 Å². The van der Waals surface area contributed by atoms with Gasteiger partial charge in [-0.25, -0.2) is 4.79 Å². The standard InChI is InChI=1S/C14H28N2O3/c1-6-15(7-2)10-12-11-16(8-9-18-12)13(17)19-14(3,4)5/h12H,6-11H2,1-5H3/t12-/m1/s1. The average molecular weight is 272 g/mol. The van der Waals surface area contributed by atoms with Gasteiger partial charge in [-0.3, -0.25) is 0 Å². The van der Waals surface area contributed by atoms with Crippen molar-refractivity contribution in [3.05, 3.63) is 0 Å². The summed E-state index contributed by atoms with van der Waals surface area (Å²) in [6, 6.07) is 0. The third-order valence-electron chi connectivity index (χ3n) is 3.15. The van der Waals surface area contributed by atoms with Crippen LogP contribution in [0.25, 0.3) is 0 Å². The van der Waals surface area contributed by atoms with Gasteiger partial charge in [0.05, 0.1) is 19.3 Å². The Morgan fingerprint density at radius 1 is 1.37 bits per heavy atom. The minimum absolute atomic E-state index is 0.0844. The molecule has 0 aromatic carbocycles. The maximum Gasteiger partial charge on any atom is 0.410 e. The third kappa shape index (κ3) is 5.78. The van der Waals surface area contributed by atoms with Gasteiger partial charge in [0.15, 0.2) is 0 Å². The van der Waals surface area contributed by atoms with Gasteiger partial charge in [-0.2, -0.15) is 0 Å². The van der Waals surface area contributed by atoms with Crippen LogP contribution < -0.4 is 0 Å². The molecule has 1 heterocycles. The van der Waals surface area contributed by atoms with Crippen LogP contribution in [0.15, 0.2) is 0 Å². The highest BCUT2D eigenvalue weighted by molar-refractivity contribution is 5.68. The first-order chi connectivity index (χ1) is 8.85. The lowest BCUT2D eigenvalue weighted by Gasteiger charge is -2.36. The maximum atomic E-state index is 12.0. The molecular formula is C14H28N2O3. The van der Waals surface area contributed by atoms with Crippen molar-refractivity contribution in [2.45, 2.75) is 46.3 Å². The number of likely N-dealkylation sites (N-methyl/N-ethyl adjacent to an activating group) is 1. The van der Waals surface area contributed by atoms with Gasteiger partial charge in [0, 0.05) is 13.1 Å². The highest BCUT2D eigenvalue weighted by Crippen LogP contribution is 2.13. The number of amides is 1. The van der Waals surface area contributed by atoms with Crippen molar-refractivity contribution in [1.82, 2.24) is 9.80 Å². The van der Waals surface area contributed by atoms with Crippen LogP contribution in [0.3, 0.4) is 0 Å². The Kier molecular flexibility index (Phi) is 6.07. The summed E-state index contributed by atoms with van der Waals surface area (Å²) < 4.78 is 11.1. The van der Waals surface area contributed by atoms with Gasteiger partial charge in [0.1, 0.15) is 5.60 Å². The number of hydrogen-bond acceptors (Lipinski definition) is 4. The van der Waals surface area contributed by atoms with E-state index in [0.717, 1.165) is 19.6 Å². The summed E-state index contributed by atoms with van der Waals surface area (Å²) in [7, 11) is 0. The molecule has 19 heavy (non-hydrogen) atoms. The molecule has 1 saturated heterocycles. The van der Waals surface area contributed by atoms with Gasteiger partial charge in [0.25, 0.3) is 0 Å². The van der Waals surface area contributed by atoms with Crippen molar-refractivity contribution in [3.8, 4) is 0 Å². The van der Waals surface area contributed by atoms with Crippen LogP contribution in [-0.4, -0.2) is 66.9 Å². The molecule has 0 aliphatic carbocycles. The zero-order valence-corrected chi connectivity index (χ0v) is 12.9. The highest BCUT2D eigenvalue weighted by Gasteiger charge is 2.28. The molecule has 0 N–H and O–H groups in total. The summed E-state index contributed by atoms with van der Waals surface area (Å²) >= 11 is 0. The van der Waals surface area contributed by atoms with Crippen LogP contribution in [-0.2, 0) is 9.47 Å². The van der Waals surface area contributed by atoms with E-state index in [1.807, 2.05) is 20.8 Å². The van der Waals surface area contributed by atoms with E-state index < -0.39 is 5.60 Å². The summed E-state index contributed by atoms with van der Waals surface area (Å²) in [5, 5.41) is 0. The second-order valence-corrected chi connectivity index (χ2v) is 5.91. The van der Waals surface area contributed by atoms with Crippen LogP contribution in [0, 0.1) is 0 Å². The van der Waals surface area contributed by atoms with Crippen molar-refractivity contribution in [2.24, 2.45) is 0 Å². The molecule has 1 aliphatic heterocycles. The number of morpholine rings is 1. The van der Waals surface area contributed by atoms with Crippen molar-refractivity contribution < 1.29 is 14.3 Å². The van der Waals surface area contributed by atoms with Crippen LogP contribution in [0.2, 0.25) is 0 Å². The second-order valence-electron chi connectivity index (χ2n) is 5.91. The molecule has 1 fully saturated rings. The lowest BCUT2D eigenvalue weighted by molar-refractivity contribution is -0.0515. The van der Waals surface area contributed by atoms with Crippen molar-refractivity contribution >= 4 is 6.09 Å². The first-order valence-corrected chi connectivity index (χ1v) is 7.17. The van der Waals surface area contributed by atoms with E-state index in [2.05, 4.69) is 18.7 Å². The van der Waals surface area contributed by atoms with Crippen molar-refractivity contribution in [1.29, 1.82) is 0 Å². The zero-order chi connectivity index (χ0) is 14.5. The summed E-state index contributed by atoms with van der Waals surface area (Å²) in [4.78, 5) is 16.1. The summed E-state index contributed by atoms with van der Waals surface area (Å²) in [5.41, 5.74) is -0.441. The lowest BCUT2D eigenvalue weighted by Crippen LogP contribution is -2.50. The fraction of sp³-hybridized carbons (Fsp3) is 0.929. The fourth-order valence-corrected chi connectivity index (χ4v) is 2.09. The molecule has 112 valence electrons. The molecule has 5 heteroatoms. The quantitative estimate of drug-likeness (QED) is 0.784. The number of nitrogens with zero attached hydrogens (tertiary/aromatic N) is 2. The fourth-order valence-electron chi connectivity index (χ4n) is 2.09. The molecule has 1 atom stereocenters. The van der Waals surface area contributed by atoms with Crippen LogP contribution in [0.4, 0.5) is 4.79 Å². The SMILES string of the molecule is CCN(CC)C[C@@H]1CN(C(=O)OC(C)(C)C)CCO1. The Bertz CT molecular complexity index is 285. The number of ether oxygens (including phenoxy) is 2. The highest BCUT2D eigenvalue weighted by atomic mass is 16.6. The zero-order valence-electron chi connectivity index (χ0n) is 12.9. The van der Waals surface area contributed by atoms with E-state index >= 15 is 0 Å². The van der Waals surface area contributed by atoms with Gasteiger partial charge in [-0.15, -0.1) is 0 Å². The second kappa shape index (κ2) is 7.10. The summed E-state index contributed by atoms with van der Waals surface area (Å²) in [6.07, 6.45) is -0.151. The first-order valence-electron chi connectivity index (χ1n) is 7.17. The minimum atomic E-state index is -0.441. The molecular weight excluding hydrogens is 244 g/mol. The molecule has 1 aliphatic rings. The Balaban J connectivity index is 2.47. The molecule has 0 bridgehead atoms. The number of carbonyl (C=O) groups is 1. The Hall–Kier alpha value is -0.810. The molecule has 0 aromatic rings. The summed E-state index contributed by atoms with van der Waals surface area (Å²) in [5.74, 6) is 0. The number of rotatable bonds is 4. The largest absolute Gasteiger partial charge is 0.444 e. The molecule has 0 spiro atoms. The van der Waals surface area contributed by atoms with E-state index in [9.17, 15) is 4.79 Å². The van der Waals surface area contributed by atoms with Crippen LogP contribution in [0.1, 0.15) is 34.6 Å². The minimum Gasteiger partial charge on any atom is -0.444 e. The van der Waals surface area contributed by atoms with Crippen molar-refractivity contribution in [2.75, 3.05) is 39.3 Å². The van der Waals surface area contributed by atoms with Crippen molar-refractivity contribution in [3.63, 3.8) is 0 Å². The van der Waals surface area contributed by atoms with E-state index in [1.165, 1.54) is 0 Å². The molecule has 1 rings (SSSR count). The lowest BCUT2D eigenvalue weighted by atomic mass is 10.2. The topological polar surface area (TPSA) is 42.0 Å². The van der Waals surface area contributed by atoms with E-state index in [4.69, 9.17) is 9.47 Å². The molecule has 0 unspecified atom stereocenters.